The molecular formula is C14H26N2O4. The second-order valence-electron chi connectivity index (χ2n) is 5.45. The Labute approximate surface area is 120 Å². The van der Waals surface area contributed by atoms with E-state index in [1.165, 1.54) is 14.2 Å². The summed E-state index contributed by atoms with van der Waals surface area (Å²) >= 11 is 0. The number of hydrogen-bond donors (Lipinski definition) is 2. The number of ether oxygens (including phenoxy) is 2. The third-order valence-electron chi connectivity index (χ3n) is 4.15. The fourth-order valence-corrected chi connectivity index (χ4v) is 2.87. The Bertz CT molecular complexity index is 303. The van der Waals surface area contributed by atoms with Crippen LogP contribution in [0, 0.1) is 11.8 Å². The van der Waals surface area contributed by atoms with Crippen LogP contribution in [0.25, 0.3) is 0 Å². The average Bonchev–Trinajstić information content (AvgIpc) is 3.06. The lowest BCUT2D eigenvalue weighted by atomic mass is 10.1. The van der Waals surface area contributed by atoms with E-state index in [1.54, 1.807) is 0 Å². The molecule has 0 spiro atoms. The standard InChI is InChI=1S/2C7H13NO2/c2*1-10-7(9)5-3-2-4-6(5)8/h2*5-6H,2-4,8H2,1H3. The van der Waals surface area contributed by atoms with Crippen LogP contribution < -0.4 is 11.5 Å². The summed E-state index contributed by atoms with van der Waals surface area (Å²) in [4.78, 5) is 21.8. The van der Waals surface area contributed by atoms with Crippen molar-refractivity contribution in [1.29, 1.82) is 0 Å². The van der Waals surface area contributed by atoms with Gasteiger partial charge in [-0.3, -0.25) is 9.59 Å². The van der Waals surface area contributed by atoms with Gasteiger partial charge in [-0.15, -0.1) is 0 Å². The first kappa shape index (κ1) is 16.9. The van der Waals surface area contributed by atoms with Crippen LogP contribution in [0.3, 0.4) is 0 Å². The lowest BCUT2D eigenvalue weighted by molar-refractivity contribution is -0.146. The summed E-state index contributed by atoms with van der Waals surface area (Å²) in [5, 5.41) is 0. The Morgan fingerprint density at radius 2 is 1.15 bits per heavy atom. The molecule has 2 fully saturated rings. The fourth-order valence-electron chi connectivity index (χ4n) is 2.87. The summed E-state index contributed by atoms with van der Waals surface area (Å²) in [5.41, 5.74) is 11.3. The molecular weight excluding hydrogens is 260 g/mol. The van der Waals surface area contributed by atoms with Crippen LogP contribution in [0.15, 0.2) is 0 Å². The van der Waals surface area contributed by atoms with Crippen LogP contribution in [0.5, 0.6) is 0 Å². The van der Waals surface area contributed by atoms with Gasteiger partial charge in [-0.1, -0.05) is 12.8 Å². The highest BCUT2D eigenvalue weighted by Crippen LogP contribution is 2.25. The monoisotopic (exact) mass is 286 g/mol. The molecule has 116 valence electrons. The van der Waals surface area contributed by atoms with E-state index in [2.05, 4.69) is 9.47 Å². The fraction of sp³-hybridized carbons (Fsp3) is 0.857. The highest BCUT2D eigenvalue weighted by molar-refractivity contribution is 5.73. The van der Waals surface area contributed by atoms with Crippen LogP contribution in [0.2, 0.25) is 0 Å². The topological polar surface area (TPSA) is 105 Å². The Morgan fingerprint density at radius 1 is 0.800 bits per heavy atom. The maximum atomic E-state index is 10.9. The molecule has 0 amide bonds. The maximum Gasteiger partial charge on any atom is 0.310 e. The quantitative estimate of drug-likeness (QED) is 0.719. The van der Waals surface area contributed by atoms with E-state index in [0.717, 1.165) is 38.5 Å². The van der Waals surface area contributed by atoms with Crippen molar-refractivity contribution in [3.05, 3.63) is 0 Å². The number of carbonyl (C=O) groups excluding carboxylic acids is 2. The first-order valence-electron chi connectivity index (χ1n) is 7.18. The first-order valence-corrected chi connectivity index (χ1v) is 7.18. The van der Waals surface area contributed by atoms with Crippen molar-refractivity contribution < 1.29 is 19.1 Å². The summed E-state index contributed by atoms with van der Waals surface area (Å²) in [5.74, 6) is -0.370. The van der Waals surface area contributed by atoms with Gasteiger partial charge in [-0.25, -0.2) is 0 Å². The number of carbonyl (C=O) groups is 2. The van der Waals surface area contributed by atoms with Gasteiger partial charge >= 0.3 is 11.9 Å². The van der Waals surface area contributed by atoms with Crippen molar-refractivity contribution in [2.45, 2.75) is 50.6 Å². The van der Waals surface area contributed by atoms with Gasteiger partial charge in [0.05, 0.1) is 26.1 Å². The lowest BCUT2D eigenvalue weighted by Gasteiger charge is -2.11. The number of esters is 2. The number of hydrogen-bond acceptors (Lipinski definition) is 6. The molecule has 0 bridgehead atoms. The zero-order chi connectivity index (χ0) is 15.1. The molecule has 4 atom stereocenters. The molecule has 6 nitrogen and oxygen atoms in total. The van der Waals surface area contributed by atoms with Gasteiger partial charge in [0.2, 0.25) is 0 Å². The third kappa shape index (κ3) is 4.45. The van der Waals surface area contributed by atoms with E-state index in [4.69, 9.17) is 11.5 Å². The minimum Gasteiger partial charge on any atom is -0.469 e. The maximum absolute atomic E-state index is 10.9. The minimum atomic E-state index is -0.148. The van der Waals surface area contributed by atoms with Gasteiger partial charge in [-0.05, 0) is 25.7 Å². The van der Waals surface area contributed by atoms with Gasteiger partial charge in [0.15, 0.2) is 0 Å². The zero-order valence-corrected chi connectivity index (χ0v) is 12.3. The van der Waals surface area contributed by atoms with Gasteiger partial charge in [-0.2, -0.15) is 0 Å². The largest absolute Gasteiger partial charge is 0.469 e. The van der Waals surface area contributed by atoms with Crippen molar-refractivity contribution in [3.63, 3.8) is 0 Å². The Hall–Kier alpha value is -1.14. The van der Waals surface area contributed by atoms with E-state index in [-0.39, 0.29) is 35.9 Å². The van der Waals surface area contributed by atoms with E-state index < -0.39 is 0 Å². The molecule has 2 saturated carbocycles. The Balaban J connectivity index is 0.000000200. The molecule has 0 saturated heterocycles. The van der Waals surface area contributed by atoms with Crippen LogP contribution in [-0.4, -0.2) is 38.2 Å². The summed E-state index contributed by atoms with van der Waals surface area (Å²) in [6.07, 6.45) is 5.82. The Kier molecular flexibility index (Phi) is 6.95. The molecule has 0 heterocycles. The molecule has 0 aromatic heterocycles. The molecule has 2 aliphatic carbocycles. The summed E-state index contributed by atoms with van der Waals surface area (Å²) in [7, 11) is 2.82. The summed E-state index contributed by atoms with van der Waals surface area (Å²) in [6, 6.07) is 0.0694. The molecule has 4 N–H and O–H groups in total. The van der Waals surface area contributed by atoms with Crippen molar-refractivity contribution in [2.24, 2.45) is 23.3 Å². The predicted octanol–water partition coefficient (Wildman–Crippen LogP) is 0.574. The molecule has 20 heavy (non-hydrogen) atoms. The molecule has 0 aromatic carbocycles. The number of methoxy groups -OCH3 is 2. The highest BCUT2D eigenvalue weighted by atomic mass is 16.5. The molecule has 0 aliphatic heterocycles. The minimum absolute atomic E-state index is 0.0347. The van der Waals surface area contributed by atoms with E-state index in [9.17, 15) is 9.59 Å². The number of rotatable bonds is 2. The van der Waals surface area contributed by atoms with Crippen LogP contribution in [0.1, 0.15) is 38.5 Å². The predicted molar refractivity (Wildman–Crippen MR) is 74.7 cm³/mol. The SMILES string of the molecule is COC(=O)C1CCCC1N.COC(=O)C1CCCC1N. The van der Waals surface area contributed by atoms with Crippen LogP contribution in [-0.2, 0) is 19.1 Å². The molecule has 2 rings (SSSR count). The van der Waals surface area contributed by atoms with Crippen molar-refractivity contribution in [1.82, 2.24) is 0 Å². The zero-order valence-electron chi connectivity index (χ0n) is 12.3. The second-order valence-corrected chi connectivity index (χ2v) is 5.45. The van der Waals surface area contributed by atoms with E-state index in [0.29, 0.717) is 0 Å². The lowest BCUT2D eigenvalue weighted by Crippen LogP contribution is -2.31. The van der Waals surface area contributed by atoms with Crippen LogP contribution >= 0.6 is 0 Å². The summed E-state index contributed by atoms with van der Waals surface area (Å²) < 4.78 is 9.17. The van der Waals surface area contributed by atoms with Gasteiger partial charge in [0.1, 0.15) is 0 Å². The first-order chi connectivity index (χ1) is 9.51. The molecule has 0 radical (unpaired) electrons. The van der Waals surface area contributed by atoms with E-state index >= 15 is 0 Å². The number of nitrogens with two attached hydrogens (primary N) is 2. The third-order valence-corrected chi connectivity index (χ3v) is 4.15. The normalized spacial score (nSPS) is 32.2. The van der Waals surface area contributed by atoms with Crippen LogP contribution in [0.4, 0.5) is 0 Å². The van der Waals surface area contributed by atoms with E-state index in [1.807, 2.05) is 0 Å². The highest BCUT2D eigenvalue weighted by Gasteiger charge is 2.31. The molecule has 2 aliphatic rings. The second kappa shape index (κ2) is 8.21. The van der Waals surface area contributed by atoms with Crippen molar-refractivity contribution >= 4 is 11.9 Å². The molecule has 0 aromatic rings. The smallest absolute Gasteiger partial charge is 0.310 e. The van der Waals surface area contributed by atoms with Crippen molar-refractivity contribution in [3.8, 4) is 0 Å². The average molecular weight is 286 g/mol. The molecule has 6 heteroatoms. The Morgan fingerprint density at radius 3 is 1.35 bits per heavy atom. The van der Waals surface area contributed by atoms with Gasteiger partial charge < -0.3 is 20.9 Å². The van der Waals surface area contributed by atoms with Gasteiger partial charge in [0, 0.05) is 12.1 Å². The molecule has 4 unspecified atom stereocenters. The summed E-state index contributed by atoms with van der Waals surface area (Å²) in [6.45, 7) is 0. The van der Waals surface area contributed by atoms with Gasteiger partial charge in [0.25, 0.3) is 0 Å². The van der Waals surface area contributed by atoms with Crippen molar-refractivity contribution in [2.75, 3.05) is 14.2 Å².